The van der Waals surface area contributed by atoms with E-state index in [0.717, 1.165) is 23.3 Å². The molecule has 0 atom stereocenters. The highest BCUT2D eigenvalue weighted by Crippen LogP contribution is 2.22. The molecule has 80 valence electrons. The number of nitrogens with zero attached hydrogens (tertiary/aromatic N) is 3. The van der Waals surface area contributed by atoms with Crippen molar-refractivity contribution in [1.29, 1.82) is 0 Å². The van der Waals surface area contributed by atoms with E-state index in [0.29, 0.717) is 0 Å². The Labute approximate surface area is 93.8 Å². The van der Waals surface area contributed by atoms with Crippen LogP contribution >= 0.6 is 11.3 Å². The third-order valence-electron chi connectivity index (χ3n) is 2.25. The molecular formula is C11H15N3S. The fourth-order valence-corrected chi connectivity index (χ4v) is 2.51. The number of thiophene rings is 1. The van der Waals surface area contributed by atoms with Crippen molar-refractivity contribution in [2.75, 3.05) is 20.6 Å². The van der Waals surface area contributed by atoms with Crippen molar-refractivity contribution in [3.05, 3.63) is 23.3 Å². The molecule has 0 bridgehead atoms. The van der Waals surface area contributed by atoms with E-state index in [2.05, 4.69) is 35.0 Å². The van der Waals surface area contributed by atoms with Gasteiger partial charge in [0, 0.05) is 17.3 Å². The molecule has 0 amide bonds. The minimum Gasteiger partial charge on any atom is -0.309 e. The lowest BCUT2D eigenvalue weighted by Gasteiger charge is -2.07. The molecule has 0 aliphatic heterocycles. The highest BCUT2D eigenvalue weighted by Gasteiger charge is 2.03. The van der Waals surface area contributed by atoms with Crippen LogP contribution in [0, 0.1) is 0 Å². The van der Waals surface area contributed by atoms with Gasteiger partial charge in [-0.1, -0.05) is 0 Å². The van der Waals surface area contributed by atoms with Crippen molar-refractivity contribution in [3.8, 4) is 0 Å². The molecule has 0 unspecified atom stereocenters. The van der Waals surface area contributed by atoms with Gasteiger partial charge in [0.15, 0.2) is 0 Å². The lowest BCUT2D eigenvalue weighted by atomic mass is 10.2. The summed E-state index contributed by atoms with van der Waals surface area (Å²) in [6.07, 6.45) is 5.82. The van der Waals surface area contributed by atoms with Gasteiger partial charge < -0.3 is 4.90 Å². The third kappa shape index (κ3) is 2.73. The van der Waals surface area contributed by atoms with E-state index in [4.69, 9.17) is 0 Å². The first-order valence-corrected chi connectivity index (χ1v) is 5.91. The molecule has 15 heavy (non-hydrogen) atoms. The Morgan fingerprint density at radius 1 is 1.27 bits per heavy atom. The molecule has 2 aromatic heterocycles. The smallest absolute Gasteiger partial charge is 0.142 e. The monoisotopic (exact) mass is 221 g/mol. The molecule has 0 aliphatic rings. The zero-order valence-corrected chi connectivity index (χ0v) is 9.92. The number of rotatable bonds is 4. The highest BCUT2D eigenvalue weighted by atomic mass is 32.1. The second kappa shape index (κ2) is 4.68. The summed E-state index contributed by atoms with van der Waals surface area (Å²) in [5.74, 6) is 0. The Hall–Kier alpha value is -1.00. The van der Waals surface area contributed by atoms with Crippen LogP contribution in [-0.4, -0.2) is 35.5 Å². The topological polar surface area (TPSA) is 29.0 Å². The van der Waals surface area contributed by atoms with Gasteiger partial charge in [0.05, 0.1) is 5.52 Å². The first-order valence-electron chi connectivity index (χ1n) is 5.10. The van der Waals surface area contributed by atoms with Crippen molar-refractivity contribution < 1.29 is 0 Å². The fraction of sp³-hybridized carbons (Fsp3) is 0.455. The van der Waals surface area contributed by atoms with Gasteiger partial charge in [-0.2, -0.15) is 0 Å². The van der Waals surface area contributed by atoms with E-state index in [-0.39, 0.29) is 0 Å². The summed E-state index contributed by atoms with van der Waals surface area (Å²) in [7, 11) is 4.21. The molecule has 0 fully saturated rings. The quantitative estimate of drug-likeness (QED) is 0.792. The second-order valence-electron chi connectivity index (χ2n) is 3.87. The zero-order chi connectivity index (χ0) is 10.7. The van der Waals surface area contributed by atoms with Crippen molar-refractivity contribution in [1.82, 2.24) is 14.9 Å². The molecule has 0 aromatic carbocycles. The Morgan fingerprint density at radius 2 is 2.07 bits per heavy atom. The Balaban J connectivity index is 2.03. The molecule has 0 radical (unpaired) electrons. The van der Waals surface area contributed by atoms with Crippen molar-refractivity contribution >= 4 is 21.7 Å². The van der Waals surface area contributed by atoms with Gasteiger partial charge in [0.1, 0.15) is 4.83 Å². The molecular weight excluding hydrogens is 206 g/mol. The van der Waals surface area contributed by atoms with Gasteiger partial charge in [-0.05, 0) is 39.5 Å². The first-order chi connectivity index (χ1) is 7.25. The van der Waals surface area contributed by atoms with Crippen LogP contribution in [0.5, 0.6) is 0 Å². The minimum atomic E-state index is 1.03. The van der Waals surface area contributed by atoms with Crippen molar-refractivity contribution in [2.45, 2.75) is 12.8 Å². The van der Waals surface area contributed by atoms with E-state index in [1.807, 2.05) is 0 Å². The third-order valence-corrected chi connectivity index (χ3v) is 3.34. The van der Waals surface area contributed by atoms with E-state index in [9.17, 15) is 0 Å². The van der Waals surface area contributed by atoms with Crippen LogP contribution in [0.4, 0.5) is 0 Å². The SMILES string of the molecule is CN(C)CCCc1cc2nccnc2s1. The van der Waals surface area contributed by atoms with Gasteiger partial charge in [0.2, 0.25) is 0 Å². The number of hydrogen-bond acceptors (Lipinski definition) is 4. The second-order valence-corrected chi connectivity index (χ2v) is 4.98. The van der Waals surface area contributed by atoms with Gasteiger partial charge in [0.25, 0.3) is 0 Å². The van der Waals surface area contributed by atoms with Crippen LogP contribution in [0.25, 0.3) is 10.3 Å². The summed E-state index contributed by atoms with van der Waals surface area (Å²) >= 11 is 1.76. The predicted molar refractivity (Wildman–Crippen MR) is 64.3 cm³/mol. The van der Waals surface area contributed by atoms with E-state index in [1.165, 1.54) is 11.3 Å². The standard InChI is InChI=1S/C11H15N3S/c1-14(2)7-3-4-9-8-10-11(15-9)13-6-5-12-10/h5-6,8H,3-4,7H2,1-2H3. The van der Waals surface area contributed by atoms with Crippen LogP contribution < -0.4 is 0 Å². The van der Waals surface area contributed by atoms with Gasteiger partial charge in [-0.15, -0.1) is 11.3 Å². The summed E-state index contributed by atoms with van der Waals surface area (Å²) in [5.41, 5.74) is 1.03. The molecule has 0 saturated carbocycles. The maximum absolute atomic E-state index is 4.29. The average molecular weight is 221 g/mol. The molecule has 4 heteroatoms. The Bertz CT molecular complexity index is 403. The van der Waals surface area contributed by atoms with Crippen LogP contribution in [0.2, 0.25) is 0 Å². The summed E-state index contributed by atoms with van der Waals surface area (Å²) in [5, 5.41) is 0. The maximum atomic E-state index is 4.29. The van der Waals surface area contributed by atoms with Crippen molar-refractivity contribution in [3.63, 3.8) is 0 Å². The Morgan fingerprint density at radius 3 is 2.80 bits per heavy atom. The molecule has 3 nitrogen and oxygen atoms in total. The van der Waals surface area contributed by atoms with Crippen LogP contribution in [0.3, 0.4) is 0 Å². The minimum absolute atomic E-state index is 1.03. The average Bonchev–Trinajstić information content (AvgIpc) is 2.59. The summed E-state index contributed by atoms with van der Waals surface area (Å²) in [4.78, 5) is 13.2. The number of aromatic nitrogens is 2. The largest absolute Gasteiger partial charge is 0.309 e. The van der Waals surface area contributed by atoms with Crippen molar-refractivity contribution in [2.24, 2.45) is 0 Å². The normalized spacial score (nSPS) is 11.4. The predicted octanol–water partition coefficient (Wildman–Crippen LogP) is 2.19. The number of aryl methyl sites for hydroxylation is 1. The number of fused-ring (bicyclic) bond motifs is 1. The summed E-state index contributed by atoms with van der Waals surface area (Å²) in [6.45, 7) is 1.13. The lowest BCUT2D eigenvalue weighted by Crippen LogP contribution is -2.13. The highest BCUT2D eigenvalue weighted by molar-refractivity contribution is 7.18. The summed E-state index contributed by atoms with van der Waals surface area (Å²) in [6, 6.07) is 2.16. The molecule has 0 saturated heterocycles. The molecule has 2 heterocycles. The van der Waals surface area contributed by atoms with Gasteiger partial charge in [-0.3, -0.25) is 4.98 Å². The number of hydrogen-bond donors (Lipinski definition) is 0. The first kappa shape index (κ1) is 10.5. The van der Waals surface area contributed by atoms with Gasteiger partial charge >= 0.3 is 0 Å². The zero-order valence-electron chi connectivity index (χ0n) is 9.10. The van der Waals surface area contributed by atoms with Crippen LogP contribution in [0.1, 0.15) is 11.3 Å². The molecule has 2 aromatic rings. The molecule has 0 spiro atoms. The molecule has 0 N–H and O–H groups in total. The molecule has 0 aliphatic carbocycles. The van der Waals surface area contributed by atoms with Gasteiger partial charge in [-0.25, -0.2) is 4.98 Å². The maximum Gasteiger partial charge on any atom is 0.142 e. The van der Waals surface area contributed by atoms with Crippen LogP contribution in [0.15, 0.2) is 18.5 Å². The lowest BCUT2D eigenvalue weighted by molar-refractivity contribution is 0.401. The van der Waals surface area contributed by atoms with E-state index >= 15 is 0 Å². The van der Waals surface area contributed by atoms with E-state index in [1.54, 1.807) is 23.7 Å². The Kier molecular flexibility index (Phi) is 3.28. The summed E-state index contributed by atoms with van der Waals surface area (Å²) < 4.78 is 0. The van der Waals surface area contributed by atoms with E-state index < -0.39 is 0 Å². The van der Waals surface area contributed by atoms with Crippen LogP contribution in [-0.2, 0) is 6.42 Å². The molecule has 2 rings (SSSR count). The fourth-order valence-electron chi connectivity index (χ4n) is 1.51.